The highest BCUT2D eigenvalue weighted by atomic mass is 32.2. The van der Waals surface area contributed by atoms with E-state index < -0.39 is 20.9 Å². The molecular weight excluding hydrogens is 272 g/mol. The summed E-state index contributed by atoms with van der Waals surface area (Å²) in [7, 11) is -1.69. The Morgan fingerprint density at radius 1 is 1.47 bits per heavy atom. The SMILES string of the molecule is COC(=O)CC1COC(C)(CC2CCCS2(=O)=O)O1. The van der Waals surface area contributed by atoms with Gasteiger partial charge in [0.15, 0.2) is 15.6 Å². The fourth-order valence-corrected chi connectivity index (χ4v) is 4.65. The lowest BCUT2D eigenvalue weighted by atomic mass is 10.1. The summed E-state index contributed by atoms with van der Waals surface area (Å²) >= 11 is 0. The van der Waals surface area contributed by atoms with E-state index in [0.717, 1.165) is 0 Å². The maximum absolute atomic E-state index is 11.8. The molecule has 110 valence electrons. The zero-order valence-electron chi connectivity index (χ0n) is 11.3. The van der Waals surface area contributed by atoms with Crippen LogP contribution in [0.5, 0.6) is 0 Å². The van der Waals surface area contributed by atoms with E-state index in [4.69, 9.17) is 9.47 Å². The quantitative estimate of drug-likeness (QED) is 0.708. The van der Waals surface area contributed by atoms with Gasteiger partial charge in [-0.1, -0.05) is 0 Å². The predicted molar refractivity (Wildman–Crippen MR) is 67.3 cm³/mol. The van der Waals surface area contributed by atoms with Crippen LogP contribution >= 0.6 is 0 Å². The van der Waals surface area contributed by atoms with Gasteiger partial charge in [-0.25, -0.2) is 8.42 Å². The van der Waals surface area contributed by atoms with Gasteiger partial charge in [0.25, 0.3) is 0 Å². The second kappa shape index (κ2) is 5.38. The standard InChI is InChI=1S/C12H20O6S/c1-12(7-10-4-3-5-19(10,14)15)17-8-9(18-12)6-11(13)16-2/h9-10H,3-8H2,1-2H3. The zero-order valence-corrected chi connectivity index (χ0v) is 12.1. The summed E-state index contributed by atoms with van der Waals surface area (Å²) in [5.74, 6) is -1.02. The molecule has 6 nitrogen and oxygen atoms in total. The molecule has 0 N–H and O–H groups in total. The first-order valence-corrected chi connectivity index (χ1v) is 8.16. The molecule has 19 heavy (non-hydrogen) atoms. The Hall–Kier alpha value is -0.660. The Bertz CT molecular complexity index is 445. The summed E-state index contributed by atoms with van der Waals surface area (Å²) in [5.41, 5.74) is 0. The Morgan fingerprint density at radius 3 is 2.79 bits per heavy atom. The number of hydrogen-bond donors (Lipinski definition) is 0. The molecule has 3 unspecified atom stereocenters. The minimum absolute atomic E-state index is 0.128. The summed E-state index contributed by atoms with van der Waals surface area (Å²) in [6, 6.07) is 0. The fraction of sp³-hybridized carbons (Fsp3) is 0.917. The van der Waals surface area contributed by atoms with Crippen LogP contribution in [0, 0.1) is 0 Å². The van der Waals surface area contributed by atoms with E-state index in [1.807, 2.05) is 0 Å². The smallest absolute Gasteiger partial charge is 0.308 e. The van der Waals surface area contributed by atoms with Crippen molar-refractivity contribution in [3.05, 3.63) is 0 Å². The van der Waals surface area contributed by atoms with Crippen LogP contribution < -0.4 is 0 Å². The average Bonchev–Trinajstić information content (AvgIpc) is 2.84. The first kappa shape index (κ1) is 14.7. The topological polar surface area (TPSA) is 78.9 Å². The van der Waals surface area contributed by atoms with Gasteiger partial charge in [0.2, 0.25) is 0 Å². The molecule has 2 fully saturated rings. The summed E-state index contributed by atoms with van der Waals surface area (Å²) < 4.78 is 39.4. The Labute approximate surface area is 113 Å². The van der Waals surface area contributed by atoms with Crippen molar-refractivity contribution in [2.45, 2.75) is 49.7 Å². The minimum Gasteiger partial charge on any atom is -0.469 e. The minimum atomic E-state index is -3.01. The molecule has 0 aliphatic carbocycles. The molecule has 3 atom stereocenters. The Morgan fingerprint density at radius 2 is 2.21 bits per heavy atom. The number of carbonyl (C=O) groups excluding carboxylic acids is 1. The third kappa shape index (κ3) is 3.46. The van der Waals surface area contributed by atoms with E-state index in [1.165, 1.54) is 7.11 Å². The lowest BCUT2D eigenvalue weighted by molar-refractivity contribution is -0.163. The van der Waals surface area contributed by atoms with Crippen molar-refractivity contribution < 1.29 is 27.4 Å². The fourth-order valence-electron chi connectivity index (χ4n) is 2.67. The summed E-state index contributed by atoms with van der Waals surface area (Å²) in [6.07, 6.45) is 1.46. The van der Waals surface area contributed by atoms with E-state index in [2.05, 4.69) is 4.74 Å². The van der Waals surface area contributed by atoms with Crippen LogP contribution in [0.4, 0.5) is 0 Å². The van der Waals surface area contributed by atoms with Crippen molar-refractivity contribution in [2.24, 2.45) is 0 Å². The molecule has 7 heteroatoms. The molecule has 0 aromatic rings. The summed E-state index contributed by atoms with van der Waals surface area (Å²) in [6.45, 7) is 2.02. The van der Waals surface area contributed by atoms with E-state index in [0.29, 0.717) is 25.9 Å². The van der Waals surface area contributed by atoms with Crippen molar-refractivity contribution in [1.29, 1.82) is 0 Å². The lowest BCUT2D eigenvalue weighted by Gasteiger charge is -2.26. The van der Waals surface area contributed by atoms with Gasteiger partial charge in [-0.2, -0.15) is 0 Å². The van der Waals surface area contributed by atoms with Crippen molar-refractivity contribution in [3.8, 4) is 0 Å². The van der Waals surface area contributed by atoms with E-state index in [-0.39, 0.29) is 24.2 Å². The monoisotopic (exact) mass is 292 g/mol. The van der Waals surface area contributed by atoms with Gasteiger partial charge in [0, 0.05) is 6.42 Å². The van der Waals surface area contributed by atoms with Gasteiger partial charge in [-0.15, -0.1) is 0 Å². The van der Waals surface area contributed by atoms with Gasteiger partial charge < -0.3 is 14.2 Å². The third-order valence-electron chi connectivity index (χ3n) is 3.67. The molecule has 2 saturated heterocycles. The van der Waals surface area contributed by atoms with Crippen molar-refractivity contribution >= 4 is 15.8 Å². The molecular formula is C12H20O6S. The summed E-state index contributed by atoms with van der Waals surface area (Å²) in [4.78, 5) is 11.2. The second-order valence-corrected chi connectivity index (χ2v) is 7.70. The maximum atomic E-state index is 11.8. The number of ether oxygens (including phenoxy) is 3. The zero-order chi connectivity index (χ0) is 14.1. The first-order valence-electron chi connectivity index (χ1n) is 6.45. The molecule has 2 aliphatic heterocycles. The molecule has 2 heterocycles. The van der Waals surface area contributed by atoms with Crippen LogP contribution in [-0.4, -0.2) is 51.0 Å². The predicted octanol–water partition coefficient (Wildman–Crippen LogP) is 0.648. The molecule has 0 radical (unpaired) electrons. The molecule has 2 aliphatic rings. The van der Waals surface area contributed by atoms with Gasteiger partial charge in [0.1, 0.15) is 0 Å². The highest BCUT2D eigenvalue weighted by Crippen LogP contribution is 2.35. The van der Waals surface area contributed by atoms with Gasteiger partial charge in [0.05, 0.1) is 37.2 Å². The number of hydrogen-bond acceptors (Lipinski definition) is 6. The lowest BCUT2D eigenvalue weighted by Crippen LogP contribution is -2.34. The number of methoxy groups -OCH3 is 1. The van der Waals surface area contributed by atoms with Crippen molar-refractivity contribution in [1.82, 2.24) is 0 Å². The van der Waals surface area contributed by atoms with E-state index in [1.54, 1.807) is 6.92 Å². The molecule has 2 rings (SSSR count). The van der Waals surface area contributed by atoms with Gasteiger partial charge in [-0.3, -0.25) is 4.79 Å². The van der Waals surface area contributed by atoms with Crippen LogP contribution in [0.15, 0.2) is 0 Å². The molecule has 0 bridgehead atoms. The molecule has 0 spiro atoms. The van der Waals surface area contributed by atoms with Crippen LogP contribution in [-0.2, 0) is 28.8 Å². The Balaban J connectivity index is 1.92. The summed E-state index contributed by atoms with van der Waals surface area (Å²) in [5, 5.41) is -0.394. The second-order valence-electron chi connectivity index (χ2n) is 5.30. The van der Waals surface area contributed by atoms with Crippen LogP contribution in [0.2, 0.25) is 0 Å². The maximum Gasteiger partial charge on any atom is 0.308 e. The number of carbonyl (C=O) groups is 1. The molecule has 0 saturated carbocycles. The van der Waals surface area contributed by atoms with Gasteiger partial charge >= 0.3 is 5.97 Å². The number of esters is 1. The third-order valence-corrected chi connectivity index (χ3v) is 5.95. The number of rotatable bonds is 4. The van der Waals surface area contributed by atoms with Crippen LogP contribution in [0.1, 0.15) is 32.6 Å². The van der Waals surface area contributed by atoms with Gasteiger partial charge in [-0.05, 0) is 19.8 Å². The van der Waals surface area contributed by atoms with Crippen LogP contribution in [0.3, 0.4) is 0 Å². The largest absolute Gasteiger partial charge is 0.469 e. The van der Waals surface area contributed by atoms with E-state index >= 15 is 0 Å². The normalized spacial score (nSPS) is 37.4. The first-order chi connectivity index (χ1) is 8.85. The van der Waals surface area contributed by atoms with E-state index in [9.17, 15) is 13.2 Å². The molecule has 0 amide bonds. The molecule has 0 aromatic heterocycles. The number of sulfone groups is 1. The highest BCUT2D eigenvalue weighted by Gasteiger charge is 2.44. The average molecular weight is 292 g/mol. The van der Waals surface area contributed by atoms with Crippen LogP contribution in [0.25, 0.3) is 0 Å². The molecule has 0 aromatic carbocycles. The van der Waals surface area contributed by atoms with Crippen molar-refractivity contribution in [2.75, 3.05) is 19.5 Å². The van der Waals surface area contributed by atoms with Crippen molar-refractivity contribution in [3.63, 3.8) is 0 Å². The highest BCUT2D eigenvalue weighted by molar-refractivity contribution is 7.92. The Kier molecular flexibility index (Phi) is 4.17.